The largest absolute Gasteiger partial charge is 0.463 e. The van der Waals surface area contributed by atoms with E-state index in [2.05, 4.69) is 35.7 Å². The average molecular weight is 772 g/mol. The van der Waals surface area contributed by atoms with E-state index in [1.165, 1.54) is 171 Å². The highest BCUT2D eigenvalue weighted by Crippen LogP contribution is 2.18. The fourth-order valence-corrected chi connectivity index (χ4v) is 8.61. The van der Waals surface area contributed by atoms with Gasteiger partial charge in [-0.1, -0.05) is 156 Å². The Hall–Kier alpha value is -0.540. The molecule has 0 atom stereocenters. The molecule has 0 N–H and O–H groups in total. The third-order valence-corrected chi connectivity index (χ3v) is 12.5. The molecule has 0 aromatic carbocycles. The normalized spacial score (nSPS) is 11.4. The predicted molar refractivity (Wildman–Crippen MR) is 230 cm³/mol. The molecule has 0 spiro atoms. The van der Waals surface area contributed by atoms with E-state index in [0.29, 0.717) is 37.9 Å². The van der Waals surface area contributed by atoms with Crippen molar-refractivity contribution in [1.82, 2.24) is 15.0 Å². The van der Waals surface area contributed by atoms with Crippen LogP contribution in [0.5, 0.6) is 18.0 Å². The maximum absolute atomic E-state index is 5.97. The Bertz CT molecular complexity index is 723. The van der Waals surface area contributed by atoms with E-state index in [1.54, 1.807) is 0 Å². The van der Waals surface area contributed by atoms with Crippen molar-refractivity contribution in [3.8, 4) is 18.0 Å². The van der Waals surface area contributed by atoms with Crippen molar-refractivity contribution in [3.05, 3.63) is 0 Å². The van der Waals surface area contributed by atoms with Gasteiger partial charge in [-0.15, -0.1) is 15.0 Å². The van der Waals surface area contributed by atoms with Gasteiger partial charge in [-0.2, -0.15) is 35.3 Å². The molecular formula is C42H81N3O3S3. The van der Waals surface area contributed by atoms with E-state index < -0.39 is 0 Å². The molecule has 1 rings (SSSR count). The Balaban J connectivity index is 2.30. The minimum atomic E-state index is 0.316. The van der Waals surface area contributed by atoms with E-state index >= 15 is 0 Å². The number of hydrogen-bond acceptors (Lipinski definition) is 9. The molecular weight excluding hydrogens is 691 g/mol. The second-order valence-electron chi connectivity index (χ2n) is 14.1. The second kappa shape index (κ2) is 40.6. The molecule has 0 amide bonds. The number of rotatable bonds is 42. The van der Waals surface area contributed by atoms with Gasteiger partial charge in [0.2, 0.25) is 0 Å². The van der Waals surface area contributed by atoms with Crippen LogP contribution in [0.3, 0.4) is 0 Å². The van der Waals surface area contributed by atoms with Crippen LogP contribution in [0.25, 0.3) is 0 Å². The summed E-state index contributed by atoms with van der Waals surface area (Å²) in [6.45, 7) is 8.64. The van der Waals surface area contributed by atoms with Crippen LogP contribution in [0.15, 0.2) is 0 Å². The Kier molecular flexibility index (Phi) is 38.6. The Morgan fingerprint density at radius 2 is 0.510 bits per heavy atom. The van der Waals surface area contributed by atoms with Crippen molar-refractivity contribution >= 4 is 35.3 Å². The molecule has 0 unspecified atom stereocenters. The van der Waals surface area contributed by atoms with Gasteiger partial charge >= 0.3 is 18.0 Å². The van der Waals surface area contributed by atoms with Crippen molar-refractivity contribution in [2.45, 2.75) is 194 Å². The standard InChI is InChI=1S/C42H81N3O3S3/c1-4-7-10-13-16-19-22-25-34-49-37-28-31-46-40-43-41(47-32-29-38-50-35-26-23-20-17-14-11-8-5-2)45-42(44-40)48-33-30-39-51-36-27-24-21-18-15-12-9-6-3/h4-39H2,1-3H3. The molecule has 300 valence electrons. The molecule has 1 aromatic rings. The van der Waals surface area contributed by atoms with Crippen molar-refractivity contribution in [2.75, 3.05) is 54.3 Å². The zero-order chi connectivity index (χ0) is 36.6. The van der Waals surface area contributed by atoms with E-state index in [4.69, 9.17) is 14.2 Å². The number of aromatic nitrogens is 3. The summed E-state index contributed by atoms with van der Waals surface area (Å²) in [4.78, 5) is 13.4. The molecule has 0 bridgehead atoms. The summed E-state index contributed by atoms with van der Waals surface area (Å²) in [7, 11) is 0. The first kappa shape index (κ1) is 48.5. The molecule has 51 heavy (non-hydrogen) atoms. The van der Waals surface area contributed by atoms with Gasteiger partial charge in [-0.25, -0.2) is 0 Å². The Morgan fingerprint density at radius 1 is 0.294 bits per heavy atom. The maximum atomic E-state index is 5.97. The Labute approximate surface area is 329 Å². The van der Waals surface area contributed by atoms with Crippen LogP contribution in [-0.4, -0.2) is 69.3 Å². The van der Waals surface area contributed by atoms with Gasteiger partial charge in [0.1, 0.15) is 0 Å². The number of hydrogen-bond donors (Lipinski definition) is 0. The first-order chi connectivity index (χ1) is 25.3. The second-order valence-corrected chi connectivity index (χ2v) is 17.7. The van der Waals surface area contributed by atoms with Gasteiger partial charge in [0.15, 0.2) is 0 Å². The number of ether oxygens (including phenoxy) is 3. The van der Waals surface area contributed by atoms with Gasteiger partial charge in [-0.05, 0) is 73.0 Å². The lowest BCUT2D eigenvalue weighted by Gasteiger charge is -2.10. The summed E-state index contributed by atoms with van der Waals surface area (Å²) in [6.07, 6.45) is 36.0. The third-order valence-electron chi connectivity index (χ3n) is 8.99. The molecule has 0 aliphatic carbocycles. The predicted octanol–water partition coefficient (Wildman–Crippen LogP) is 13.8. The highest BCUT2D eigenvalue weighted by atomic mass is 32.2. The van der Waals surface area contributed by atoms with Gasteiger partial charge in [-0.3, -0.25) is 0 Å². The molecule has 1 heterocycles. The van der Waals surface area contributed by atoms with Crippen LogP contribution in [0, 0.1) is 0 Å². The third kappa shape index (κ3) is 34.9. The lowest BCUT2D eigenvalue weighted by atomic mass is 10.1. The summed E-state index contributed by atoms with van der Waals surface area (Å²) in [5.41, 5.74) is 0. The lowest BCUT2D eigenvalue weighted by Crippen LogP contribution is -2.10. The molecule has 0 aliphatic rings. The van der Waals surface area contributed by atoms with E-state index in [0.717, 1.165) is 36.5 Å². The van der Waals surface area contributed by atoms with Gasteiger partial charge in [0.25, 0.3) is 0 Å². The summed E-state index contributed by atoms with van der Waals surface area (Å²) in [6, 6.07) is 0.948. The quantitative estimate of drug-likeness (QED) is 0.0604. The monoisotopic (exact) mass is 772 g/mol. The first-order valence-corrected chi connectivity index (χ1v) is 25.1. The van der Waals surface area contributed by atoms with E-state index in [9.17, 15) is 0 Å². The molecule has 0 fully saturated rings. The molecule has 0 radical (unpaired) electrons. The van der Waals surface area contributed by atoms with Crippen molar-refractivity contribution in [2.24, 2.45) is 0 Å². The van der Waals surface area contributed by atoms with E-state index in [-0.39, 0.29) is 0 Å². The van der Waals surface area contributed by atoms with Crippen molar-refractivity contribution < 1.29 is 14.2 Å². The topological polar surface area (TPSA) is 66.4 Å². The molecule has 0 aliphatic heterocycles. The Morgan fingerprint density at radius 3 is 0.765 bits per heavy atom. The van der Waals surface area contributed by atoms with Crippen LogP contribution in [0.4, 0.5) is 0 Å². The van der Waals surface area contributed by atoms with Crippen LogP contribution in [-0.2, 0) is 0 Å². The maximum Gasteiger partial charge on any atom is 0.325 e. The minimum absolute atomic E-state index is 0.316. The zero-order valence-electron chi connectivity index (χ0n) is 33.7. The number of nitrogens with zero attached hydrogens (tertiary/aromatic N) is 3. The lowest BCUT2D eigenvalue weighted by molar-refractivity contribution is 0.236. The van der Waals surface area contributed by atoms with Crippen LogP contribution in [0.1, 0.15) is 194 Å². The smallest absolute Gasteiger partial charge is 0.325 e. The van der Waals surface area contributed by atoms with Gasteiger partial charge in [0.05, 0.1) is 19.8 Å². The minimum Gasteiger partial charge on any atom is -0.463 e. The van der Waals surface area contributed by atoms with Gasteiger partial charge < -0.3 is 14.2 Å². The fraction of sp³-hybridized carbons (Fsp3) is 0.929. The fourth-order valence-electron chi connectivity index (χ4n) is 5.81. The number of thioether (sulfide) groups is 3. The van der Waals surface area contributed by atoms with E-state index in [1.807, 2.05) is 35.3 Å². The summed E-state index contributed by atoms with van der Waals surface area (Å²) in [5, 5.41) is 0. The van der Waals surface area contributed by atoms with Crippen LogP contribution in [0.2, 0.25) is 0 Å². The zero-order valence-corrected chi connectivity index (χ0v) is 36.2. The van der Waals surface area contributed by atoms with Crippen molar-refractivity contribution in [3.63, 3.8) is 0 Å². The number of unbranched alkanes of at least 4 members (excludes halogenated alkanes) is 21. The molecule has 0 saturated heterocycles. The highest BCUT2D eigenvalue weighted by molar-refractivity contribution is 7.99. The first-order valence-electron chi connectivity index (χ1n) is 21.7. The van der Waals surface area contributed by atoms with Crippen LogP contribution >= 0.6 is 35.3 Å². The summed E-state index contributed by atoms with van der Waals surface area (Å²) >= 11 is 6.10. The molecule has 6 nitrogen and oxygen atoms in total. The highest BCUT2D eigenvalue weighted by Gasteiger charge is 2.11. The summed E-state index contributed by atoms with van der Waals surface area (Å²) < 4.78 is 17.9. The van der Waals surface area contributed by atoms with Gasteiger partial charge in [0, 0.05) is 0 Å². The summed E-state index contributed by atoms with van der Waals surface area (Å²) in [5.74, 6) is 7.02. The van der Waals surface area contributed by atoms with Crippen LogP contribution < -0.4 is 14.2 Å². The molecule has 0 saturated carbocycles. The SMILES string of the molecule is CCCCCCCCCCSCCCOc1nc(OCCCSCCCCCCCCCC)nc(OCCCSCCCCCCCCCC)n1. The van der Waals surface area contributed by atoms with Crippen molar-refractivity contribution in [1.29, 1.82) is 0 Å². The molecule has 9 heteroatoms. The average Bonchev–Trinajstić information content (AvgIpc) is 3.14. The molecule has 1 aromatic heterocycles.